The third-order valence-corrected chi connectivity index (χ3v) is 5.14. The molecule has 2 aliphatic rings. The lowest BCUT2D eigenvalue weighted by atomic mass is 9.89. The van der Waals surface area contributed by atoms with E-state index in [9.17, 15) is 0 Å². The molecule has 24 heavy (non-hydrogen) atoms. The largest absolute Gasteiger partial charge is 0.493 e. The van der Waals surface area contributed by atoms with E-state index in [1.165, 1.54) is 31.2 Å². The van der Waals surface area contributed by atoms with Crippen LogP contribution in [0.2, 0.25) is 0 Å². The minimum atomic E-state index is 0. The third kappa shape index (κ3) is 4.48. The first-order valence-electron chi connectivity index (χ1n) is 8.51. The van der Waals surface area contributed by atoms with Crippen molar-refractivity contribution in [2.24, 2.45) is 5.92 Å². The number of methoxy groups -OCH3 is 2. The summed E-state index contributed by atoms with van der Waals surface area (Å²) < 4.78 is 11.3. The average molecular weight is 377 g/mol. The minimum absolute atomic E-state index is 0. The van der Waals surface area contributed by atoms with Crippen molar-refractivity contribution in [3.05, 3.63) is 23.8 Å². The van der Waals surface area contributed by atoms with Gasteiger partial charge in [0.05, 0.1) is 14.2 Å². The van der Waals surface area contributed by atoms with E-state index in [2.05, 4.69) is 22.3 Å². The van der Waals surface area contributed by atoms with Gasteiger partial charge in [-0.1, -0.05) is 25.0 Å². The van der Waals surface area contributed by atoms with Gasteiger partial charge in [0, 0.05) is 37.8 Å². The van der Waals surface area contributed by atoms with Crippen LogP contribution in [0.3, 0.4) is 0 Å². The Morgan fingerprint density at radius 3 is 2.29 bits per heavy atom. The zero-order valence-corrected chi connectivity index (χ0v) is 16.3. The first-order valence-corrected chi connectivity index (χ1v) is 8.51. The molecular weight excluding hydrogens is 347 g/mol. The Kier molecular flexibility index (Phi) is 9.21. The summed E-state index contributed by atoms with van der Waals surface area (Å²) in [5.41, 5.74) is 1.30. The molecule has 1 aromatic carbocycles. The van der Waals surface area contributed by atoms with E-state index in [0.29, 0.717) is 6.04 Å². The van der Waals surface area contributed by atoms with E-state index in [1.807, 2.05) is 6.07 Å². The van der Waals surface area contributed by atoms with E-state index < -0.39 is 0 Å². The molecule has 1 aromatic rings. The molecule has 0 bridgehead atoms. The zero-order chi connectivity index (χ0) is 15.4. The highest BCUT2D eigenvalue weighted by atomic mass is 35.5. The Hall–Kier alpha value is -0.680. The fourth-order valence-corrected chi connectivity index (χ4v) is 4.13. The second-order valence-corrected chi connectivity index (χ2v) is 6.36. The predicted octanol–water partition coefficient (Wildman–Crippen LogP) is 3.68. The van der Waals surface area contributed by atoms with Crippen LogP contribution in [-0.4, -0.2) is 45.3 Å². The second-order valence-electron chi connectivity index (χ2n) is 6.36. The van der Waals surface area contributed by atoms with Gasteiger partial charge in [-0.3, -0.25) is 4.90 Å². The summed E-state index contributed by atoms with van der Waals surface area (Å²) in [7, 11) is 3.47. The Balaban J connectivity index is 0.00000144. The van der Waals surface area contributed by atoms with Crippen LogP contribution >= 0.6 is 24.8 Å². The molecule has 0 spiro atoms. The molecule has 138 valence electrons. The van der Waals surface area contributed by atoms with Crippen molar-refractivity contribution in [3.8, 4) is 11.5 Å². The van der Waals surface area contributed by atoms with Crippen LogP contribution in [0.15, 0.2) is 18.2 Å². The molecular formula is C18H30Cl2N2O2. The zero-order valence-electron chi connectivity index (χ0n) is 14.6. The number of halogens is 2. The topological polar surface area (TPSA) is 33.7 Å². The first-order chi connectivity index (χ1) is 10.8. The van der Waals surface area contributed by atoms with Crippen LogP contribution in [0.4, 0.5) is 0 Å². The molecule has 3 rings (SSSR count). The van der Waals surface area contributed by atoms with Crippen molar-refractivity contribution in [1.29, 1.82) is 0 Å². The smallest absolute Gasteiger partial charge is 0.165 e. The summed E-state index contributed by atoms with van der Waals surface area (Å²) in [6.07, 6.45) is 5.38. The number of rotatable bonds is 5. The third-order valence-electron chi connectivity index (χ3n) is 5.14. The quantitative estimate of drug-likeness (QED) is 0.849. The van der Waals surface area contributed by atoms with Crippen molar-refractivity contribution < 1.29 is 9.47 Å². The van der Waals surface area contributed by atoms with Gasteiger partial charge in [-0.2, -0.15) is 0 Å². The highest BCUT2D eigenvalue weighted by Gasteiger charge is 2.34. The van der Waals surface area contributed by atoms with Crippen molar-refractivity contribution in [2.45, 2.75) is 31.7 Å². The number of hydrogen-bond acceptors (Lipinski definition) is 4. The minimum Gasteiger partial charge on any atom is -0.493 e. The molecule has 1 saturated carbocycles. The predicted molar refractivity (Wildman–Crippen MR) is 103 cm³/mol. The van der Waals surface area contributed by atoms with E-state index in [1.54, 1.807) is 14.2 Å². The summed E-state index contributed by atoms with van der Waals surface area (Å²) in [5.74, 6) is 2.50. The Labute approximate surface area is 158 Å². The summed E-state index contributed by atoms with van der Waals surface area (Å²) in [5, 5.41) is 3.47. The molecule has 1 saturated heterocycles. The molecule has 1 N–H and O–H groups in total. The van der Waals surface area contributed by atoms with Gasteiger partial charge in [0.1, 0.15) is 0 Å². The van der Waals surface area contributed by atoms with Crippen LogP contribution in [0.5, 0.6) is 11.5 Å². The van der Waals surface area contributed by atoms with E-state index >= 15 is 0 Å². The molecule has 0 radical (unpaired) electrons. The van der Waals surface area contributed by atoms with Crippen LogP contribution in [0.1, 0.15) is 37.3 Å². The highest BCUT2D eigenvalue weighted by molar-refractivity contribution is 5.85. The Bertz CT molecular complexity index is 490. The number of nitrogens with one attached hydrogen (secondary N) is 1. The lowest BCUT2D eigenvalue weighted by Crippen LogP contribution is -2.46. The molecule has 1 aliphatic carbocycles. The van der Waals surface area contributed by atoms with Gasteiger partial charge in [0.15, 0.2) is 11.5 Å². The van der Waals surface area contributed by atoms with Gasteiger partial charge < -0.3 is 14.8 Å². The number of hydrogen-bond donors (Lipinski definition) is 1. The highest BCUT2D eigenvalue weighted by Crippen LogP contribution is 2.45. The summed E-state index contributed by atoms with van der Waals surface area (Å²) in [4.78, 5) is 2.64. The lowest BCUT2D eigenvalue weighted by molar-refractivity contribution is 0.122. The van der Waals surface area contributed by atoms with E-state index in [-0.39, 0.29) is 24.8 Å². The maximum Gasteiger partial charge on any atom is 0.165 e. The normalized spacial score (nSPS) is 19.9. The van der Waals surface area contributed by atoms with Crippen molar-refractivity contribution in [2.75, 3.05) is 40.4 Å². The van der Waals surface area contributed by atoms with Gasteiger partial charge in [-0.05, 0) is 24.8 Å². The average Bonchev–Trinajstić information content (AvgIpc) is 3.10. The maximum absolute atomic E-state index is 5.73. The van der Waals surface area contributed by atoms with Gasteiger partial charge in [0.2, 0.25) is 0 Å². The number of ether oxygens (including phenoxy) is 2. The molecule has 0 aromatic heterocycles. The van der Waals surface area contributed by atoms with Crippen molar-refractivity contribution in [3.63, 3.8) is 0 Å². The second kappa shape index (κ2) is 10.3. The Morgan fingerprint density at radius 2 is 1.71 bits per heavy atom. The first kappa shape index (κ1) is 21.4. The van der Waals surface area contributed by atoms with Crippen LogP contribution in [-0.2, 0) is 0 Å². The molecule has 4 nitrogen and oxygen atoms in total. The van der Waals surface area contributed by atoms with Gasteiger partial charge in [0.25, 0.3) is 0 Å². The van der Waals surface area contributed by atoms with Crippen LogP contribution < -0.4 is 14.8 Å². The monoisotopic (exact) mass is 376 g/mol. The summed E-state index contributed by atoms with van der Waals surface area (Å²) >= 11 is 0. The SMILES string of the molecule is COc1cccc([C@H](C2CCCC2)N2CCNCC2)c1OC.Cl.Cl. The maximum atomic E-state index is 5.73. The fraction of sp³-hybridized carbons (Fsp3) is 0.667. The van der Waals surface area contributed by atoms with E-state index in [4.69, 9.17) is 9.47 Å². The Morgan fingerprint density at radius 1 is 1.04 bits per heavy atom. The fourth-order valence-electron chi connectivity index (χ4n) is 4.13. The molecule has 2 fully saturated rings. The molecule has 0 amide bonds. The molecule has 1 atom stereocenters. The molecule has 0 unspecified atom stereocenters. The number of piperazine rings is 1. The standard InChI is InChI=1S/C18H28N2O2.2ClH/c1-21-16-9-5-8-15(18(16)22-2)17(14-6-3-4-7-14)20-12-10-19-11-13-20;;/h5,8-9,14,17,19H,3-4,6-7,10-13H2,1-2H3;2*1H/t17-;;/m0../s1. The lowest BCUT2D eigenvalue weighted by Gasteiger charge is -2.39. The van der Waals surface area contributed by atoms with Gasteiger partial charge in [-0.15, -0.1) is 24.8 Å². The van der Waals surface area contributed by atoms with Crippen molar-refractivity contribution in [1.82, 2.24) is 10.2 Å². The van der Waals surface area contributed by atoms with Crippen molar-refractivity contribution >= 4 is 24.8 Å². The number of nitrogens with zero attached hydrogens (tertiary/aromatic N) is 1. The molecule has 1 aliphatic heterocycles. The van der Waals surface area contributed by atoms with Gasteiger partial charge >= 0.3 is 0 Å². The number of para-hydroxylation sites is 1. The summed E-state index contributed by atoms with van der Waals surface area (Å²) in [6.45, 7) is 4.38. The van der Waals surface area contributed by atoms with Crippen LogP contribution in [0, 0.1) is 5.92 Å². The van der Waals surface area contributed by atoms with Gasteiger partial charge in [-0.25, -0.2) is 0 Å². The molecule has 6 heteroatoms. The summed E-state index contributed by atoms with van der Waals surface area (Å²) in [6, 6.07) is 6.77. The number of benzene rings is 1. The molecule has 1 heterocycles. The van der Waals surface area contributed by atoms with E-state index in [0.717, 1.165) is 43.6 Å². The van der Waals surface area contributed by atoms with Crippen LogP contribution in [0.25, 0.3) is 0 Å².